The van der Waals surface area contributed by atoms with Crippen LogP contribution in [0.5, 0.6) is 5.75 Å². The minimum Gasteiger partial charge on any atom is -0.494 e. The number of ether oxygens (including phenoxy) is 2. The standard InChI is InChI=1S/C36H47NO4/c1-26-24-32(25-27(2)34(26)29-17-19-31(20-18-29)36(3,4)5)41-23-11-9-7-8-10-12-28-13-15-30(16-14-28)35(39)37-22-21-33(38)40-6/h13-20,24-25H,7-12,21-23H2,1-6H3,(H,37,39). The SMILES string of the molecule is COC(=O)CCNC(=O)c1ccc(CCCCCCCOc2cc(C)c(-c3ccc(C(C)(C)C)cc3)c(C)c2)cc1. The molecule has 0 aromatic heterocycles. The van der Waals surface area contributed by atoms with Crippen LogP contribution in [0.3, 0.4) is 0 Å². The fourth-order valence-electron chi connectivity index (χ4n) is 5.06. The Hall–Kier alpha value is -3.60. The van der Waals surface area contributed by atoms with E-state index in [1.807, 2.05) is 24.3 Å². The molecule has 1 amide bonds. The highest BCUT2D eigenvalue weighted by Gasteiger charge is 2.14. The van der Waals surface area contributed by atoms with E-state index in [2.05, 4.69) is 81.1 Å². The number of hydrogen-bond donors (Lipinski definition) is 1. The smallest absolute Gasteiger partial charge is 0.307 e. The Kier molecular flexibility index (Phi) is 12.0. The molecule has 0 unspecified atom stereocenters. The Morgan fingerprint density at radius 3 is 2.02 bits per heavy atom. The van der Waals surface area contributed by atoms with Crippen LogP contribution < -0.4 is 10.1 Å². The van der Waals surface area contributed by atoms with Gasteiger partial charge >= 0.3 is 5.97 Å². The van der Waals surface area contributed by atoms with E-state index in [1.54, 1.807) is 0 Å². The molecule has 0 atom stereocenters. The highest BCUT2D eigenvalue weighted by Crippen LogP contribution is 2.33. The van der Waals surface area contributed by atoms with Crippen LogP contribution in [0.4, 0.5) is 0 Å². The maximum Gasteiger partial charge on any atom is 0.307 e. The van der Waals surface area contributed by atoms with Gasteiger partial charge in [0.25, 0.3) is 5.91 Å². The van der Waals surface area contributed by atoms with Gasteiger partial charge in [-0.15, -0.1) is 0 Å². The molecule has 3 aromatic carbocycles. The van der Waals surface area contributed by atoms with E-state index in [1.165, 1.54) is 53.3 Å². The first kappa shape index (κ1) is 31.9. The molecule has 5 heteroatoms. The number of hydrogen-bond acceptors (Lipinski definition) is 4. The number of rotatable bonds is 14. The van der Waals surface area contributed by atoms with Crippen molar-refractivity contribution in [1.82, 2.24) is 5.32 Å². The molecule has 0 spiro atoms. The van der Waals surface area contributed by atoms with Gasteiger partial charge in [0.05, 0.1) is 20.1 Å². The van der Waals surface area contributed by atoms with E-state index in [-0.39, 0.29) is 30.3 Å². The van der Waals surface area contributed by atoms with E-state index in [0.717, 1.165) is 38.0 Å². The highest BCUT2D eigenvalue weighted by atomic mass is 16.5. The van der Waals surface area contributed by atoms with Crippen LogP contribution in [0, 0.1) is 13.8 Å². The third-order valence-electron chi connectivity index (χ3n) is 7.48. The van der Waals surface area contributed by atoms with Gasteiger partial charge in [0.2, 0.25) is 0 Å². The van der Waals surface area contributed by atoms with Crippen molar-refractivity contribution in [1.29, 1.82) is 0 Å². The predicted molar refractivity (Wildman–Crippen MR) is 168 cm³/mol. The number of carbonyl (C=O) groups is 2. The van der Waals surface area contributed by atoms with E-state index in [4.69, 9.17) is 4.74 Å². The molecule has 0 bridgehead atoms. The second kappa shape index (κ2) is 15.4. The normalized spacial score (nSPS) is 11.3. The van der Waals surface area contributed by atoms with Crippen LogP contribution >= 0.6 is 0 Å². The number of amides is 1. The van der Waals surface area contributed by atoms with E-state index in [9.17, 15) is 9.59 Å². The molecule has 5 nitrogen and oxygen atoms in total. The third kappa shape index (κ3) is 10.1. The molecule has 0 fully saturated rings. The molecule has 0 aliphatic rings. The summed E-state index contributed by atoms with van der Waals surface area (Å²) in [5, 5.41) is 2.74. The monoisotopic (exact) mass is 557 g/mol. The Balaban J connectivity index is 1.33. The summed E-state index contributed by atoms with van der Waals surface area (Å²) in [6.45, 7) is 12.1. The average molecular weight is 558 g/mol. The minimum absolute atomic E-state index is 0.156. The number of carbonyl (C=O) groups excluding carboxylic acids is 2. The first-order chi connectivity index (χ1) is 19.6. The van der Waals surface area contributed by atoms with Gasteiger partial charge in [-0.05, 0) is 96.2 Å². The van der Waals surface area contributed by atoms with Crippen LogP contribution in [-0.2, 0) is 21.4 Å². The number of nitrogens with one attached hydrogen (secondary N) is 1. The first-order valence-electron chi connectivity index (χ1n) is 14.9. The van der Waals surface area contributed by atoms with Crippen molar-refractivity contribution in [3.05, 3.63) is 88.5 Å². The van der Waals surface area contributed by atoms with E-state index in [0.29, 0.717) is 5.56 Å². The van der Waals surface area contributed by atoms with Gasteiger partial charge in [-0.25, -0.2) is 0 Å². The van der Waals surface area contributed by atoms with Crippen molar-refractivity contribution >= 4 is 11.9 Å². The Labute approximate surface area is 246 Å². The molecule has 0 aliphatic carbocycles. The highest BCUT2D eigenvalue weighted by molar-refractivity contribution is 5.94. The van der Waals surface area contributed by atoms with Crippen molar-refractivity contribution in [3.63, 3.8) is 0 Å². The number of methoxy groups -OCH3 is 1. The van der Waals surface area contributed by atoms with E-state index >= 15 is 0 Å². The summed E-state index contributed by atoms with van der Waals surface area (Å²) >= 11 is 0. The minimum atomic E-state index is -0.332. The van der Waals surface area contributed by atoms with Crippen LogP contribution in [0.25, 0.3) is 11.1 Å². The molecule has 1 N–H and O–H groups in total. The summed E-state index contributed by atoms with van der Waals surface area (Å²) < 4.78 is 10.7. The van der Waals surface area contributed by atoms with Gasteiger partial charge in [-0.2, -0.15) is 0 Å². The van der Waals surface area contributed by atoms with Gasteiger partial charge in [0.1, 0.15) is 5.75 Å². The van der Waals surface area contributed by atoms with Crippen LogP contribution in [0.1, 0.15) is 91.9 Å². The molecule has 0 heterocycles. The Bertz CT molecular complexity index is 1250. The number of benzene rings is 3. The van der Waals surface area contributed by atoms with Gasteiger partial charge in [0, 0.05) is 12.1 Å². The summed E-state index contributed by atoms with van der Waals surface area (Å²) in [5.41, 5.74) is 8.39. The summed E-state index contributed by atoms with van der Waals surface area (Å²) in [4.78, 5) is 23.3. The summed E-state index contributed by atoms with van der Waals surface area (Å²) in [7, 11) is 1.34. The number of esters is 1. The van der Waals surface area contributed by atoms with Gasteiger partial charge < -0.3 is 14.8 Å². The summed E-state index contributed by atoms with van der Waals surface area (Å²) in [5.74, 6) is 0.451. The van der Waals surface area contributed by atoms with Crippen molar-refractivity contribution < 1.29 is 19.1 Å². The number of aryl methyl sites for hydroxylation is 3. The zero-order valence-corrected chi connectivity index (χ0v) is 25.8. The second-order valence-corrected chi connectivity index (χ2v) is 11.9. The zero-order chi connectivity index (χ0) is 29.8. The lowest BCUT2D eigenvalue weighted by atomic mass is 9.85. The lowest BCUT2D eigenvalue weighted by molar-refractivity contribution is -0.140. The largest absolute Gasteiger partial charge is 0.494 e. The van der Waals surface area contributed by atoms with Crippen LogP contribution in [0.2, 0.25) is 0 Å². The first-order valence-corrected chi connectivity index (χ1v) is 14.9. The fraction of sp³-hybridized carbons (Fsp3) is 0.444. The second-order valence-electron chi connectivity index (χ2n) is 11.9. The van der Waals surface area contributed by atoms with Gasteiger partial charge in [-0.1, -0.05) is 76.4 Å². The molecule has 0 radical (unpaired) electrons. The molecular weight excluding hydrogens is 510 g/mol. The molecule has 3 aromatic rings. The van der Waals surface area contributed by atoms with Gasteiger partial charge in [-0.3, -0.25) is 9.59 Å². The van der Waals surface area contributed by atoms with Crippen molar-refractivity contribution in [2.45, 2.75) is 85.0 Å². The van der Waals surface area contributed by atoms with Crippen molar-refractivity contribution in [2.24, 2.45) is 0 Å². The summed E-state index contributed by atoms with van der Waals surface area (Å²) in [6, 6.07) is 21.0. The predicted octanol–water partition coefficient (Wildman–Crippen LogP) is 8.13. The van der Waals surface area contributed by atoms with Crippen molar-refractivity contribution in [2.75, 3.05) is 20.3 Å². The lowest BCUT2D eigenvalue weighted by Gasteiger charge is -2.20. The maximum atomic E-state index is 12.2. The van der Waals surface area contributed by atoms with Gasteiger partial charge in [0.15, 0.2) is 0 Å². The zero-order valence-electron chi connectivity index (χ0n) is 25.8. The molecule has 41 heavy (non-hydrogen) atoms. The molecule has 0 saturated heterocycles. The summed E-state index contributed by atoms with van der Waals surface area (Å²) in [6.07, 6.45) is 6.87. The van der Waals surface area contributed by atoms with Crippen LogP contribution in [-0.4, -0.2) is 32.1 Å². The average Bonchev–Trinajstić information content (AvgIpc) is 2.94. The number of unbranched alkanes of at least 4 members (excludes halogenated alkanes) is 4. The van der Waals surface area contributed by atoms with Crippen molar-refractivity contribution in [3.8, 4) is 16.9 Å². The molecule has 0 aliphatic heterocycles. The quantitative estimate of drug-likeness (QED) is 0.161. The molecule has 0 saturated carbocycles. The maximum absolute atomic E-state index is 12.2. The molecule has 3 rings (SSSR count). The van der Waals surface area contributed by atoms with Crippen LogP contribution in [0.15, 0.2) is 60.7 Å². The Morgan fingerprint density at radius 1 is 0.805 bits per heavy atom. The third-order valence-corrected chi connectivity index (χ3v) is 7.48. The Morgan fingerprint density at radius 2 is 1.41 bits per heavy atom. The molecule has 220 valence electrons. The topological polar surface area (TPSA) is 64.6 Å². The lowest BCUT2D eigenvalue weighted by Crippen LogP contribution is -2.26. The fourth-order valence-corrected chi connectivity index (χ4v) is 5.06. The van der Waals surface area contributed by atoms with E-state index < -0.39 is 0 Å². The molecular formula is C36H47NO4.